The van der Waals surface area contributed by atoms with Gasteiger partial charge in [-0.25, -0.2) is 4.98 Å². The fourth-order valence-corrected chi connectivity index (χ4v) is 3.84. The van der Waals surface area contributed by atoms with Crippen LogP contribution in [0.5, 0.6) is 11.5 Å². The van der Waals surface area contributed by atoms with Crippen LogP contribution in [0.3, 0.4) is 0 Å². The maximum absolute atomic E-state index is 11.4. The minimum Gasteiger partial charge on any atom is -0.497 e. The van der Waals surface area contributed by atoms with Gasteiger partial charge in [-0.2, -0.15) is 14.6 Å². The zero-order valence-corrected chi connectivity index (χ0v) is 16.6. The van der Waals surface area contributed by atoms with Crippen LogP contribution < -0.4 is 14.4 Å². The topological polar surface area (TPSA) is 85.0 Å². The molecule has 1 fully saturated rings. The third-order valence-corrected chi connectivity index (χ3v) is 5.66. The number of piperidine rings is 1. The molecule has 8 nitrogen and oxygen atoms in total. The van der Waals surface area contributed by atoms with Crippen molar-refractivity contribution in [2.75, 3.05) is 32.2 Å². The Kier molecular flexibility index (Phi) is 4.58. The summed E-state index contributed by atoms with van der Waals surface area (Å²) < 4.78 is 12.5. The van der Waals surface area contributed by atoms with Gasteiger partial charge in [-0.1, -0.05) is 0 Å². The highest BCUT2D eigenvalue weighted by atomic mass is 16.5. The normalized spacial score (nSPS) is 16.4. The Morgan fingerprint density at radius 1 is 1.04 bits per heavy atom. The lowest BCUT2D eigenvalue weighted by molar-refractivity contribution is 0.0112. The fraction of sp³-hybridized carbons (Fsp3) is 0.450. The number of methoxy groups -OCH3 is 2. The second kappa shape index (κ2) is 6.94. The van der Waals surface area contributed by atoms with Crippen LogP contribution in [0.2, 0.25) is 0 Å². The summed E-state index contributed by atoms with van der Waals surface area (Å²) in [6.45, 7) is 5.41. The van der Waals surface area contributed by atoms with Crippen molar-refractivity contribution in [3.63, 3.8) is 0 Å². The summed E-state index contributed by atoms with van der Waals surface area (Å²) in [5.74, 6) is 2.94. The second-order valence-electron chi connectivity index (χ2n) is 7.24. The molecule has 0 saturated carbocycles. The molecule has 1 aromatic carbocycles. The number of rotatable bonds is 4. The number of hydrogen-bond acceptors (Lipinski definition) is 7. The van der Waals surface area contributed by atoms with Crippen molar-refractivity contribution in [3.8, 4) is 11.5 Å². The summed E-state index contributed by atoms with van der Waals surface area (Å²) in [6, 6.07) is 5.58. The SMILES string of the molecule is COc1cc(OC)cc(C2(O)CCN(c3c(C)c(C)nc4ncnn34)CC2)c1. The van der Waals surface area contributed by atoms with Crippen molar-refractivity contribution in [1.82, 2.24) is 19.6 Å². The largest absolute Gasteiger partial charge is 0.497 e. The molecule has 0 amide bonds. The molecule has 4 rings (SSSR count). The van der Waals surface area contributed by atoms with Crippen molar-refractivity contribution < 1.29 is 14.6 Å². The molecule has 1 N–H and O–H groups in total. The Morgan fingerprint density at radius 3 is 2.29 bits per heavy atom. The van der Waals surface area contributed by atoms with Crippen molar-refractivity contribution in [3.05, 3.63) is 41.3 Å². The second-order valence-corrected chi connectivity index (χ2v) is 7.24. The van der Waals surface area contributed by atoms with Gasteiger partial charge in [-0.15, -0.1) is 0 Å². The molecule has 28 heavy (non-hydrogen) atoms. The first-order valence-corrected chi connectivity index (χ1v) is 9.33. The van der Waals surface area contributed by atoms with E-state index < -0.39 is 5.60 Å². The zero-order chi connectivity index (χ0) is 19.9. The summed E-state index contributed by atoms with van der Waals surface area (Å²) >= 11 is 0. The van der Waals surface area contributed by atoms with Gasteiger partial charge in [0.2, 0.25) is 0 Å². The minimum absolute atomic E-state index is 0.584. The van der Waals surface area contributed by atoms with Gasteiger partial charge in [0.05, 0.1) is 19.8 Å². The van der Waals surface area contributed by atoms with Gasteiger partial charge in [0.1, 0.15) is 23.6 Å². The smallest absolute Gasteiger partial charge is 0.254 e. The lowest BCUT2D eigenvalue weighted by Crippen LogP contribution is -2.43. The van der Waals surface area contributed by atoms with Gasteiger partial charge in [-0.05, 0) is 44.4 Å². The fourth-order valence-electron chi connectivity index (χ4n) is 3.84. The zero-order valence-electron chi connectivity index (χ0n) is 16.6. The number of aliphatic hydroxyl groups is 1. The Balaban J connectivity index is 1.64. The average Bonchev–Trinajstić information content (AvgIpc) is 3.17. The van der Waals surface area contributed by atoms with E-state index in [0.717, 1.165) is 22.6 Å². The molecule has 0 aliphatic carbocycles. The maximum atomic E-state index is 11.4. The van der Waals surface area contributed by atoms with Gasteiger partial charge < -0.3 is 19.5 Å². The summed E-state index contributed by atoms with van der Waals surface area (Å²) in [4.78, 5) is 11.0. The van der Waals surface area contributed by atoms with Crippen molar-refractivity contribution in [1.29, 1.82) is 0 Å². The monoisotopic (exact) mass is 383 g/mol. The van der Waals surface area contributed by atoms with E-state index in [1.807, 2.05) is 32.0 Å². The first kappa shape index (κ1) is 18.5. The van der Waals surface area contributed by atoms with Crippen LogP contribution >= 0.6 is 0 Å². The van der Waals surface area contributed by atoms with Crippen LogP contribution in [0.4, 0.5) is 5.82 Å². The number of ether oxygens (including phenoxy) is 2. The number of anilines is 1. The van der Waals surface area contributed by atoms with Crippen molar-refractivity contribution in [2.24, 2.45) is 0 Å². The van der Waals surface area contributed by atoms with Gasteiger partial charge in [0.15, 0.2) is 0 Å². The molecular weight excluding hydrogens is 358 g/mol. The number of nitrogens with zero attached hydrogens (tertiary/aromatic N) is 5. The molecule has 3 heterocycles. The number of aryl methyl sites for hydroxylation is 1. The van der Waals surface area contributed by atoms with E-state index >= 15 is 0 Å². The Hall–Kier alpha value is -2.87. The third-order valence-electron chi connectivity index (χ3n) is 5.66. The lowest BCUT2D eigenvalue weighted by Gasteiger charge is -2.40. The van der Waals surface area contributed by atoms with Gasteiger partial charge in [0, 0.05) is 30.4 Å². The van der Waals surface area contributed by atoms with Gasteiger partial charge in [0.25, 0.3) is 5.78 Å². The predicted molar refractivity (Wildman–Crippen MR) is 105 cm³/mol. The molecule has 1 saturated heterocycles. The van der Waals surface area contributed by atoms with Crippen LogP contribution in [0.25, 0.3) is 5.78 Å². The van der Waals surface area contributed by atoms with E-state index in [1.54, 1.807) is 18.7 Å². The van der Waals surface area contributed by atoms with Crippen molar-refractivity contribution >= 4 is 11.6 Å². The van der Waals surface area contributed by atoms with E-state index in [4.69, 9.17) is 9.47 Å². The van der Waals surface area contributed by atoms with Crippen LogP contribution in [-0.4, -0.2) is 52.0 Å². The molecule has 8 heteroatoms. The number of benzene rings is 1. The minimum atomic E-state index is -0.935. The lowest BCUT2D eigenvalue weighted by atomic mass is 9.84. The molecule has 0 bridgehead atoms. The molecule has 0 radical (unpaired) electrons. The van der Waals surface area contributed by atoms with Gasteiger partial charge >= 0.3 is 0 Å². The summed E-state index contributed by atoms with van der Waals surface area (Å²) in [6.07, 6.45) is 2.69. The molecular formula is C20H25N5O3. The summed E-state index contributed by atoms with van der Waals surface area (Å²) in [7, 11) is 3.23. The number of hydrogen-bond donors (Lipinski definition) is 1. The van der Waals surface area contributed by atoms with Gasteiger partial charge in [-0.3, -0.25) is 0 Å². The van der Waals surface area contributed by atoms with Crippen LogP contribution in [0, 0.1) is 13.8 Å². The average molecular weight is 383 g/mol. The first-order chi connectivity index (χ1) is 13.4. The highest BCUT2D eigenvalue weighted by molar-refractivity contribution is 5.54. The molecule has 1 aliphatic rings. The molecule has 148 valence electrons. The molecule has 2 aromatic heterocycles. The maximum Gasteiger partial charge on any atom is 0.254 e. The standard InChI is InChI=1S/C20H25N5O3/c1-13-14(2)23-19-21-12-22-25(19)18(13)24-7-5-20(26,6-8-24)15-9-16(27-3)11-17(10-15)28-4/h9-12,26H,5-8H2,1-4H3. The highest BCUT2D eigenvalue weighted by Gasteiger charge is 2.36. The number of aromatic nitrogens is 4. The van der Waals surface area contributed by atoms with E-state index in [-0.39, 0.29) is 0 Å². The molecule has 0 atom stereocenters. The summed E-state index contributed by atoms with van der Waals surface area (Å²) in [5, 5.41) is 15.7. The first-order valence-electron chi connectivity index (χ1n) is 9.33. The highest BCUT2D eigenvalue weighted by Crippen LogP contribution is 2.38. The predicted octanol–water partition coefficient (Wildman–Crippen LogP) is 2.25. The molecule has 0 unspecified atom stereocenters. The molecule has 3 aromatic rings. The molecule has 0 spiro atoms. The quantitative estimate of drug-likeness (QED) is 0.739. The van der Waals surface area contributed by atoms with E-state index in [1.165, 1.54) is 6.33 Å². The molecule has 1 aliphatic heterocycles. The van der Waals surface area contributed by atoms with Crippen LogP contribution in [-0.2, 0) is 5.60 Å². The van der Waals surface area contributed by atoms with E-state index in [0.29, 0.717) is 43.2 Å². The van der Waals surface area contributed by atoms with Crippen LogP contribution in [0.1, 0.15) is 29.7 Å². The Labute approximate surface area is 163 Å². The Morgan fingerprint density at radius 2 is 1.68 bits per heavy atom. The van der Waals surface area contributed by atoms with E-state index in [9.17, 15) is 5.11 Å². The Bertz CT molecular complexity index is 986. The van der Waals surface area contributed by atoms with Crippen molar-refractivity contribution in [2.45, 2.75) is 32.3 Å². The third kappa shape index (κ3) is 3.03. The van der Waals surface area contributed by atoms with Crippen LogP contribution in [0.15, 0.2) is 24.5 Å². The number of fused-ring (bicyclic) bond motifs is 1. The van der Waals surface area contributed by atoms with E-state index in [2.05, 4.69) is 20.0 Å². The summed E-state index contributed by atoms with van der Waals surface area (Å²) in [5.41, 5.74) is 1.90.